The van der Waals surface area contributed by atoms with Gasteiger partial charge in [0.15, 0.2) is 0 Å². The number of carboxylic acids is 1. The second-order valence-electron chi connectivity index (χ2n) is 4.54. The number of nitrogens with one attached hydrogen (secondary N) is 2. The fraction of sp³-hybridized carbons (Fsp3) is 0.286. The van der Waals surface area contributed by atoms with Gasteiger partial charge in [0, 0.05) is 11.8 Å². The molecule has 1 aromatic carbocycles. The lowest BCUT2D eigenvalue weighted by Gasteiger charge is -2.09. The van der Waals surface area contributed by atoms with E-state index in [4.69, 9.17) is 5.11 Å². The van der Waals surface area contributed by atoms with Crippen LogP contribution in [0, 0.1) is 0 Å². The van der Waals surface area contributed by atoms with Gasteiger partial charge in [0.2, 0.25) is 0 Å². The van der Waals surface area contributed by atoms with Crippen LogP contribution >= 0.6 is 11.8 Å². The van der Waals surface area contributed by atoms with Crippen LogP contribution in [-0.4, -0.2) is 22.4 Å². The number of carbonyl (C=O) groups excluding carboxylic acids is 1. The number of hydrogen-bond acceptors (Lipinski definition) is 3. The summed E-state index contributed by atoms with van der Waals surface area (Å²) in [6, 6.07) is 9.14. The maximum atomic E-state index is 11.8. The average molecular weight is 292 g/mol. The van der Waals surface area contributed by atoms with Crippen LogP contribution in [0.25, 0.3) is 0 Å². The molecule has 1 aliphatic rings. The van der Waals surface area contributed by atoms with E-state index >= 15 is 0 Å². The number of rotatable bonds is 4. The third-order valence-corrected chi connectivity index (χ3v) is 4.02. The molecule has 5 nitrogen and oxygen atoms in total. The molecule has 1 atom stereocenters. The van der Waals surface area contributed by atoms with Crippen molar-refractivity contribution < 1.29 is 14.7 Å². The molecule has 0 aliphatic carbocycles. The number of urea groups is 1. The van der Waals surface area contributed by atoms with Gasteiger partial charge in [0.05, 0.1) is 10.6 Å². The molecule has 1 heterocycles. The molecule has 0 saturated heterocycles. The van der Waals surface area contributed by atoms with E-state index < -0.39 is 5.97 Å². The van der Waals surface area contributed by atoms with Crippen LogP contribution in [0.4, 0.5) is 4.79 Å². The van der Waals surface area contributed by atoms with Crippen LogP contribution in [0.15, 0.2) is 40.9 Å². The quantitative estimate of drug-likeness (QED) is 0.795. The van der Waals surface area contributed by atoms with Crippen LogP contribution in [0.5, 0.6) is 0 Å². The highest BCUT2D eigenvalue weighted by Crippen LogP contribution is 2.35. The maximum absolute atomic E-state index is 11.8. The normalized spacial score (nSPS) is 17.9. The van der Waals surface area contributed by atoms with E-state index in [0.717, 1.165) is 5.56 Å². The summed E-state index contributed by atoms with van der Waals surface area (Å²) in [4.78, 5) is 22.9. The molecule has 6 heteroatoms. The van der Waals surface area contributed by atoms with E-state index in [2.05, 4.69) is 10.6 Å². The van der Waals surface area contributed by atoms with E-state index in [-0.39, 0.29) is 16.9 Å². The SMILES string of the molecule is CC1CC(C(=O)O)=C(NC(=O)NCc2ccccc2)S1. The van der Waals surface area contributed by atoms with Crippen molar-refractivity contribution in [3.05, 3.63) is 46.5 Å². The van der Waals surface area contributed by atoms with E-state index in [1.54, 1.807) is 0 Å². The van der Waals surface area contributed by atoms with E-state index in [1.165, 1.54) is 11.8 Å². The molecule has 106 valence electrons. The zero-order chi connectivity index (χ0) is 14.5. The minimum atomic E-state index is -0.972. The molecule has 0 bridgehead atoms. The Bertz CT molecular complexity index is 543. The molecule has 0 saturated carbocycles. The second-order valence-corrected chi connectivity index (χ2v) is 5.99. The van der Waals surface area contributed by atoms with Gasteiger partial charge in [-0.25, -0.2) is 9.59 Å². The molecule has 1 aromatic rings. The zero-order valence-electron chi connectivity index (χ0n) is 11.1. The predicted octanol–water partition coefficient (Wildman–Crippen LogP) is 2.31. The first-order chi connectivity index (χ1) is 9.56. The minimum absolute atomic E-state index is 0.172. The molecule has 0 spiro atoms. The van der Waals surface area contributed by atoms with Crippen molar-refractivity contribution in [3.63, 3.8) is 0 Å². The van der Waals surface area contributed by atoms with E-state index in [0.29, 0.717) is 18.0 Å². The summed E-state index contributed by atoms with van der Waals surface area (Å²) >= 11 is 1.38. The van der Waals surface area contributed by atoms with E-state index in [9.17, 15) is 9.59 Å². The average Bonchev–Trinajstić information content (AvgIpc) is 2.79. The Morgan fingerprint density at radius 3 is 2.70 bits per heavy atom. The van der Waals surface area contributed by atoms with Gasteiger partial charge in [-0.05, 0) is 12.0 Å². The lowest BCUT2D eigenvalue weighted by atomic mass is 10.2. The fourth-order valence-corrected chi connectivity index (χ4v) is 3.03. The maximum Gasteiger partial charge on any atom is 0.334 e. The lowest BCUT2D eigenvalue weighted by Crippen LogP contribution is -2.34. The smallest absolute Gasteiger partial charge is 0.334 e. The van der Waals surface area contributed by atoms with Gasteiger partial charge in [-0.2, -0.15) is 0 Å². The van der Waals surface area contributed by atoms with Crippen LogP contribution in [0.3, 0.4) is 0 Å². The fourth-order valence-electron chi connectivity index (χ4n) is 1.91. The summed E-state index contributed by atoms with van der Waals surface area (Å²) in [6.45, 7) is 2.34. The van der Waals surface area contributed by atoms with Crippen molar-refractivity contribution in [1.82, 2.24) is 10.6 Å². The molecule has 0 radical (unpaired) electrons. The third-order valence-electron chi connectivity index (χ3n) is 2.87. The summed E-state index contributed by atoms with van der Waals surface area (Å²) in [5.41, 5.74) is 1.26. The first kappa shape index (κ1) is 14.5. The third kappa shape index (κ3) is 3.77. The van der Waals surface area contributed by atoms with Crippen LogP contribution in [-0.2, 0) is 11.3 Å². The molecule has 0 aromatic heterocycles. The Balaban J connectivity index is 1.91. The van der Waals surface area contributed by atoms with Crippen LogP contribution in [0.1, 0.15) is 18.9 Å². The molecule has 1 unspecified atom stereocenters. The van der Waals surface area contributed by atoms with Crippen molar-refractivity contribution in [2.24, 2.45) is 0 Å². The van der Waals surface area contributed by atoms with Crippen LogP contribution in [0.2, 0.25) is 0 Å². The number of thioether (sulfide) groups is 1. The van der Waals surface area contributed by atoms with Crippen molar-refractivity contribution in [1.29, 1.82) is 0 Å². The van der Waals surface area contributed by atoms with Crippen molar-refractivity contribution in [3.8, 4) is 0 Å². The van der Waals surface area contributed by atoms with Crippen molar-refractivity contribution in [2.45, 2.75) is 25.1 Å². The second kappa shape index (κ2) is 6.47. The molecule has 0 fully saturated rings. The van der Waals surface area contributed by atoms with Crippen molar-refractivity contribution >= 4 is 23.8 Å². The van der Waals surface area contributed by atoms with Gasteiger partial charge in [0.25, 0.3) is 0 Å². The van der Waals surface area contributed by atoms with Crippen molar-refractivity contribution in [2.75, 3.05) is 0 Å². The summed E-state index contributed by atoms with van der Waals surface area (Å²) in [7, 11) is 0. The summed E-state index contributed by atoms with van der Waals surface area (Å²) in [6.07, 6.45) is 0.467. The number of aliphatic carboxylic acids is 1. The minimum Gasteiger partial charge on any atom is -0.478 e. The Morgan fingerprint density at radius 1 is 1.35 bits per heavy atom. The molecule has 1 aliphatic heterocycles. The Hall–Kier alpha value is -1.95. The van der Waals surface area contributed by atoms with Gasteiger partial charge in [0.1, 0.15) is 0 Å². The highest BCUT2D eigenvalue weighted by atomic mass is 32.2. The Labute approximate surface area is 121 Å². The monoisotopic (exact) mass is 292 g/mol. The number of carboxylic acid groups (broad SMARTS) is 1. The molecule has 20 heavy (non-hydrogen) atoms. The van der Waals surface area contributed by atoms with Crippen LogP contribution < -0.4 is 10.6 Å². The van der Waals surface area contributed by atoms with Gasteiger partial charge < -0.3 is 15.7 Å². The first-order valence-corrected chi connectivity index (χ1v) is 7.16. The van der Waals surface area contributed by atoms with Gasteiger partial charge in [-0.15, -0.1) is 11.8 Å². The lowest BCUT2D eigenvalue weighted by molar-refractivity contribution is -0.132. The summed E-state index contributed by atoms with van der Waals surface area (Å²) in [5.74, 6) is -0.972. The summed E-state index contributed by atoms with van der Waals surface area (Å²) < 4.78 is 0. The Kier molecular flexibility index (Phi) is 4.68. The largest absolute Gasteiger partial charge is 0.478 e. The van der Waals surface area contributed by atoms with Gasteiger partial charge in [-0.3, -0.25) is 0 Å². The standard InChI is InChI=1S/C14H16N2O3S/c1-9-7-11(13(17)18)12(20-9)16-14(19)15-8-10-5-3-2-4-6-10/h2-6,9H,7-8H2,1H3,(H,17,18)(H2,15,16,19). The molecule has 2 amide bonds. The molecular formula is C14H16N2O3S. The molecular weight excluding hydrogens is 276 g/mol. The van der Waals surface area contributed by atoms with Gasteiger partial charge >= 0.3 is 12.0 Å². The number of benzene rings is 1. The van der Waals surface area contributed by atoms with Gasteiger partial charge in [-0.1, -0.05) is 37.3 Å². The first-order valence-electron chi connectivity index (χ1n) is 6.28. The predicted molar refractivity (Wildman–Crippen MR) is 78.1 cm³/mol. The topological polar surface area (TPSA) is 78.4 Å². The molecule has 3 N–H and O–H groups in total. The highest BCUT2D eigenvalue weighted by molar-refractivity contribution is 8.03. The number of amides is 2. The number of hydrogen-bond donors (Lipinski definition) is 3. The Morgan fingerprint density at radius 2 is 2.05 bits per heavy atom. The number of carbonyl (C=O) groups is 2. The molecule has 2 rings (SSSR count). The zero-order valence-corrected chi connectivity index (χ0v) is 11.9. The van der Waals surface area contributed by atoms with E-state index in [1.807, 2.05) is 37.3 Å². The summed E-state index contributed by atoms with van der Waals surface area (Å²) in [5, 5.41) is 15.0. The highest BCUT2D eigenvalue weighted by Gasteiger charge is 2.27.